The number of fused-ring (bicyclic) bond motifs is 1. The van der Waals surface area contributed by atoms with Crippen molar-refractivity contribution < 1.29 is 0 Å². The minimum absolute atomic E-state index is 0.0472. The van der Waals surface area contributed by atoms with E-state index in [1.807, 2.05) is 13.0 Å². The highest BCUT2D eigenvalue weighted by molar-refractivity contribution is 9.10. The van der Waals surface area contributed by atoms with Crippen molar-refractivity contribution in [3.63, 3.8) is 0 Å². The predicted molar refractivity (Wildman–Crippen MR) is 83.8 cm³/mol. The molecule has 0 aliphatic heterocycles. The van der Waals surface area contributed by atoms with Crippen LogP contribution in [0.2, 0.25) is 0 Å². The summed E-state index contributed by atoms with van der Waals surface area (Å²) in [5, 5.41) is -0.0472. The number of halogens is 2. The lowest BCUT2D eigenvalue weighted by molar-refractivity contribution is 0.597. The average molecular weight is 342 g/mol. The molecule has 2 nitrogen and oxygen atoms in total. The normalized spacial score (nSPS) is 23.8. The first kappa shape index (κ1) is 13.4. The fraction of sp³-hybridized carbons (Fsp3) is 0.533. The summed E-state index contributed by atoms with van der Waals surface area (Å²) in [4.78, 5) is 4.72. The van der Waals surface area contributed by atoms with Gasteiger partial charge in [0.1, 0.15) is 5.82 Å². The number of alkyl halides is 1. The maximum absolute atomic E-state index is 6.32. The van der Waals surface area contributed by atoms with Crippen LogP contribution in [0, 0.1) is 5.92 Å². The molecule has 1 aliphatic rings. The first-order chi connectivity index (χ1) is 9.11. The lowest BCUT2D eigenvalue weighted by Gasteiger charge is -2.10. The molecule has 0 spiro atoms. The fourth-order valence-corrected chi connectivity index (χ4v) is 3.45. The lowest BCUT2D eigenvalue weighted by Crippen LogP contribution is -2.03. The molecule has 3 atom stereocenters. The molecule has 1 saturated carbocycles. The summed E-state index contributed by atoms with van der Waals surface area (Å²) in [5.74, 6) is 1.81. The van der Waals surface area contributed by atoms with E-state index in [0.29, 0.717) is 6.04 Å². The Morgan fingerprint density at radius 1 is 1.53 bits per heavy atom. The van der Waals surface area contributed by atoms with Crippen molar-refractivity contribution in [3.8, 4) is 0 Å². The van der Waals surface area contributed by atoms with Crippen molar-refractivity contribution in [2.45, 2.75) is 44.5 Å². The molecule has 102 valence electrons. The molecule has 3 unspecified atom stereocenters. The monoisotopic (exact) mass is 340 g/mol. The summed E-state index contributed by atoms with van der Waals surface area (Å²) < 4.78 is 3.47. The van der Waals surface area contributed by atoms with E-state index in [1.165, 1.54) is 24.8 Å². The summed E-state index contributed by atoms with van der Waals surface area (Å²) in [7, 11) is 0. The lowest BCUT2D eigenvalue weighted by atomic mass is 10.2. The molecule has 0 N–H and O–H groups in total. The van der Waals surface area contributed by atoms with Gasteiger partial charge in [-0.25, -0.2) is 4.98 Å². The van der Waals surface area contributed by atoms with E-state index in [2.05, 4.69) is 39.6 Å². The van der Waals surface area contributed by atoms with Gasteiger partial charge >= 0.3 is 0 Å². The third-order valence-electron chi connectivity index (χ3n) is 3.91. The van der Waals surface area contributed by atoms with Crippen molar-refractivity contribution in [3.05, 3.63) is 28.5 Å². The van der Waals surface area contributed by atoms with E-state index in [9.17, 15) is 0 Å². The first-order valence-corrected chi connectivity index (χ1v) is 8.16. The summed E-state index contributed by atoms with van der Waals surface area (Å²) in [6, 6.07) is 6.86. The maximum Gasteiger partial charge on any atom is 0.127 e. The van der Waals surface area contributed by atoms with Crippen LogP contribution in [0.5, 0.6) is 0 Å². The van der Waals surface area contributed by atoms with Crippen LogP contribution in [0.15, 0.2) is 22.7 Å². The van der Waals surface area contributed by atoms with Crippen molar-refractivity contribution >= 4 is 38.6 Å². The van der Waals surface area contributed by atoms with Gasteiger partial charge in [-0.15, -0.1) is 11.6 Å². The van der Waals surface area contributed by atoms with Gasteiger partial charge in [0.05, 0.1) is 16.4 Å². The number of nitrogens with zero attached hydrogens (tertiary/aromatic N) is 2. The van der Waals surface area contributed by atoms with Gasteiger partial charge in [0, 0.05) is 10.5 Å². The minimum Gasteiger partial charge on any atom is -0.323 e. The molecular formula is C15H18BrClN2. The van der Waals surface area contributed by atoms with E-state index in [0.717, 1.165) is 21.7 Å². The summed E-state index contributed by atoms with van der Waals surface area (Å²) in [6.45, 7) is 4.26. The molecule has 19 heavy (non-hydrogen) atoms. The highest BCUT2D eigenvalue weighted by Crippen LogP contribution is 2.49. The molecule has 1 aromatic heterocycles. The standard InChI is InChI=1S/C15H18BrClN2/c1-3-4-10-7-13(10)19-14-8-11(16)5-6-12(14)18-15(19)9(2)17/h5-6,8-10,13H,3-4,7H2,1-2H3. The summed E-state index contributed by atoms with van der Waals surface area (Å²) in [5.41, 5.74) is 2.26. The van der Waals surface area contributed by atoms with Crippen LogP contribution in [0.4, 0.5) is 0 Å². The Hall–Kier alpha value is -0.540. The van der Waals surface area contributed by atoms with Crippen LogP contribution in [0.3, 0.4) is 0 Å². The van der Waals surface area contributed by atoms with Gasteiger partial charge in [0.15, 0.2) is 0 Å². The molecule has 4 heteroatoms. The van der Waals surface area contributed by atoms with Gasteiger partial charge < -0.3 is 4.57 Å². The van der Waals surface area contributed by atoms with Gasteiger partial charge in [0.2, 0.25) is 0 Å². The summed E-state index contributed by atoms with van der Waals surface area (Å²) >= 11 is 9.88. The highest BCUT2D eigenvalue weighted by atomic mass is 79.9. The SMILES string of the molecule is CCCC1CC1n1c(C(C)Cl)nc2ccc(Br)cc21. The molecule has 0 amide bonds. The number of hydrogen-bond acceptors (Lipinski definition) is 1. The van der Waals surface area contributed by atoms with Gasteiger partial charge in [-0.3, -0.25) is 0 Å². The number of rotatable bonds is 4. The smallest absolute Gasteiger partial charge is 0.127 e. The molecule has 1 aliphatic carbocycles. The van der Waals surface area contributed by atoms with Gasteiger partial charge in [-0.05, 0) is 43.9 Å². The molecule has 0 saturated heterocycles. The van der Waals surface area contributed by atoms with E-state index in [1.54, 1.807) is 0 Å². The second kappa shape index (κ2) is 5.10. The Labute approximate surface area is 127 Å². The minimum atomic E-state index is -0.0472. The largest absolute Gasteiger partial charge is 0.323 e. The highest BCUT2D eigenvalue weighted by Gasteiger charge is 2.40. The third kappa shape index (κ3) is 2.43. The molecular weight excluding hydrogens is 324 g/mol. The predicted octanol–water partition coefficient (Wildman–Crippen LogP) is 5.46. The molecule has 2 aromatic rings. The van der Waals surface area contributed by atoms with Crippen LogP contribution in [0.1, 0.15) is 50.4 Å². The van der Waals surface area contributed by atoms with E-state index in [-0.39, 0.29) is 5.38 Å². The molecule has 1 aromatic carbocycles. The van der Waals surface area contributed by atoms with Crippen molar-refractivity contribution in [1.29, 1.82) is 0 Å². The van der Waals surface area contributed by atoms with Crippen LogP contribution >= 0.6 is 27.5 Å². The zero-order chi connectivity index (χ0) is 13.6. The van der Waals surface area contributed by atoms with Crippen LogP contribution < -0.4 is 0 Å². The van der Waals surface area contributed by atoms with Gasteiger partial charge in [-0.2, -0.15) is 0 Å². The van der Waals surface area contributed by atoms with Gasteiger partial charge in [0.25, 0.3) is 0 Å². The van der Waals surface area contributed by atoms with Crippen LogP contribution in [-0.2, 0) is 0 Å². The van der Waals surface area contributed by atoms with E-state index < -0.39 is 0 Å². The number of hydrogen-bond donors (Lipinski definition) is 0. The molecule has 3 rings (SSSR count). The zero-order valence-electron chi connectivity index (χ0n) is 11.2. The van der Waals surface area contributed by atoms with Crippen molar-refractivity contribution in [2.75, 3.05) is 0 Å². The summed E-state index contributed by atoms with van der Waals surface area (Å²) in [6.07, 6.45) is 3.82. The van der Waals surface area contributed by atoms with Crippen LogP contribution in [0.25, 0.3) is 11.0 Å². The third-order valence-corrected chi connectivity index (χ3v) is 4.60. The Balaban J connectivity index is 2.09. The number of benzene rings is 1. The Kier molecular flexibility index (Phi) is 3.61. The number of imidazole rings is 1. The zero-order valence-corrected chi connectivity index (χ0v) is 13.6. The Bertz CT molecular complexity index is 605. The fourth-order valence-electron chi connectivity index (χ4n) is 2.94. The average Bonchev–Trinajstić information content (AvgIpc) is 3.00. The first-order valence-electron chi connectivity index (χ1n) is 6.93. The second-order valence-corrected chi connectivity index (χ2v) is 7.01. The van der Waals surface area contributed by atoms with E-state index >= 15 is 0 Å². The molecule has 0 radical (unpaired) electrons. The number of aromatic nitrogens is 2. The molecule has 1 heterocycles. The van der Waals surface area contributed by atoms with Gasteiger partial charge in [-0.1, -0.05) is 29.3 Å². The van der Waals surface area contributed by atoms with Crippen molar-refractivity contribution in [2.24, 2.45) is 5.92 Å². The van der Waals surface area contributed by atoms with Crippen molar-refractivity contribution in [1.82, 2.24) is 9.55 Å². The Morgan fingerprint density at radius 3 is 3.00 bits per heavy atom. The Morgan fingerprint density at radius 2 is 2.32 bits per heavy atom. The second-order valence-electron chi connectivity index (χ2n) is 5.44. The van der Waals surface area contributed by atoms with E-state index in [4.69, 9.17) is 16.6 Å². The quantitative estimate of drug-likeness (QED) is 0.675. The molecule has 1 fully saturated rings. The molecule has 0 bridgehead atoms. The maximum atomic E-state index is 6.32. The topological polar surface area (TPSA) is 17.8 Å². The van der Waals surface area contributed by atoms with Crippen LogP contribution in [-0.4, -0.2) is 9.55 Å².